The molecule has 4 heteroatoms. The van der Waals surface area contributed by atoms with Gasteiger partial charge < -0.3 is 11.1 Å². The van der Waals surface area contributed by atoms with Gasteiger partial charge in [-0.25, -0.2) is 4.98 Å². The van der Waals surface area contributed by atoms with Crippen molar-refractivity contribution in [3.05, 3.63) is 12.3 Å². The zero-order valence-corrected chi connectivity index (χ0v) is 7.75. The van der Waals surface area contributed by atoms with Gasteiger partial charge in [-0.1, -0.05) is 6.92 Å². The maximum absolute atomic E-state index is 5.52. The molecule has 0 saturated heterocycles. The third-order valence-electron chi connectivity index (χ3n) is 2.45. The summed E-state index contributed by atoms with van der Waals surface area (Å²) in [6, 6.07) is 1.68. The van der Waals surface area contributed by atoms with Gasteiger partial charge in [-0.2, -0.15) is 4.98 Å². The van der Waals surface area contributed by atoms with Gasteiger partial charge in [0.15, 0.2) is 0 Å². The Hall–Kier alpha value is -1.32. The average Bonchev–Trinajstić information content (AvgIpc) is 2.82. The van der Waals surface area contributed by atoms with Crippen LogP contribution in [0.15, 0.2) is 12.3 Å². The maximum atomic E-state index is 5.52. The molecule has 2 rings (SSSR count). The third kappa shape index (κ3) is 2.08. The van der Waals surface area contributed by atoms with Crippen LogP contribution in [0.4, 0.5) is 11.8 Å². The van der Waals surface area contributed by atoms with E-state index < -0.39 is 0 Å². The molecule has 1 aromatic heterocycles. The number of hydrogen-bond acceptors (Lipinski definition) is 4. The number of nitrogens with two attached hydrogens (primary N) is 1. The smallest absolute Gasteiger partial charge is 0.224 e. The Morgan fingerprint density at radius 1 is 1.62 bits per heavy atom. The molecule has 0 spiro atoms. The lowest BCUT2D eigenvalue weighted by atomic mass is 10.1. The molecule has 0 unspecified atom stereocenters. The van der Waals surface area contributed by atoms with E-state index in [2.05, 4.69) is 22.2 Å². The molecule has 1 aromatic rings. The molecule has 0 aliphatic heterocycles. The van der Waals surface area contributed by atoms with Crippen LogP contribution in [-0.2, 0) is 0 Å². The Bertz CT molecular complexity index is 306. The van der Waals surface area contributed by atoms with Gasteiger partial charge in [0.1, 0.15) is 5.82 Å². The molecular formula is C9H14N4. The van der Waals surface area contributed by atoms with Crippen LogP contribution in [-0.4, -0.2) is 16.5 Å². The van der Waals surface area contributed by atoms with Gasteiger partial charge >= 0.3 is 0 Å². The zero-order valence-electron chi connectivity index (χ0n) is 7.75. The van der Waals surface area contributed by atoms with Gasteiger partial charge in [-0.05, 0) is 24.3 Å². The van der Waals surface area contributed by atoms with Gasteiger partial charge in [0.05, 0.1) is 0 Å². The van der Waals surface area contributed by atoms with Gasteiger partial charge in [0.25, 0.3) is 0 Å². The van der Waals surface area contributed by atoms with Crippen molar-refractivity contribution in [1.29, 1.82) is 0 Å². The molecule has 1 heterocycles. The fourth-order valence-electron chi connectivity index (χ4n) is 1.14. The molecule has 3 N–H and O–H groups in total. The van der Waals surface area contributed by atoms with E-state index in [-0.39, 0.29) is 0 Å². The van der Waals surface area contributed by atoms with E-state index in [9.17, 15) is 0 Å². The summed E-state index contributed by atoms with van der Waals surface area (Å²) < 4.78 is 0. The third-order valence-corrected chi connectivity index (χ3v) is 2.45. The van der Waals surface area contributed by atoms with Crippen LogP contribution in [0.5, 0.6) is 0 Å². The number of hydrogen-bond donors (Lipinski definition) is 2. The number of aromatic nitrogens is 2. The molecule has 1 saturated carbocycles. The highest BCUT2D eigenvalue weighted by atomic mass is 15.1. The van der Waals surface area contributed by atoms with Gasteiger partial charge in [0.2, 0.25) is 5.95 Å². The Morgan fingerprint density at radius 3 is 3.00 bits per heavy atom. The lowest BCUT2D eigenvalue weighted by Crippen LogP contribution is -2.13. The van der Waals surface area contributed by atoms with E-state index in [1.807, 2.05) is 0 Å². The predicted molar refractivity (Wildman–Crippen MR) is 52.3 cm³/mol. The molecule has 0 atom stereocenters. The molecule has 4 nitrogen and oxygen atoms in total. The van der Waals surface area contributed by atoms with Crippen LogP contribution >= 0.6 is 0 Å². The highest BCUT2D eigenvalue weighted by molar-refractivity contribution is 5.35. The Morgan fingerprint density at radius 2 is 2.38 bits per heavy atom. The predicted octanol–water partition coefficient (Wildman–Crippen LogP) is 1.27. The summed E-state index contributed by atoms with van der Waals surface area (Å²) in [6.45, 7) is 3.20. The van der Waals surface area contributed by atoms with Crippen LogP contribution in [0.3, 0.4) is 0 Å². The van der Waals surface area contributed by atoms with E-state index in [0.29, 0.717) is 17.2 Å². The second kappa shape index (κ2) is 2.87. The lowest BCUT2D eigenvalue weighted by Gasteiger charge is -2.09. The number of nitrogens with one attached hydrogen (secondary N) is 1. The van der Waals surface area contributed by atoms with Gasteiger partial charge in [-0.3, -0.25) is 0 Å². The molecule has 13 heavy (non-hydrogen) atoms. The number of rotatable bonds is 3. The van der Waals surface area contributed by atoms with Crippen molar-refractivity contribution in [2.75, 3.05) is 17.6 Å². The number of anilines is 2. The monoisotopic (exact) mass is 178 g/mol. The molecule has 0 amide bonds. The minimum atomic E-state index is 0.466. The molecule has 0 radical (unpaired) electrons. The SMILES string of the molecule is CC1(CNc2nccc(N)n2)CC1. The summed E-state index contributed by atoms with van der Waals surface area (Å²) in [5.41, 5.74) is 5.99. The quantitative estimate of drug-likeness (QED) is 0.731. The minimum absolute atomic E-state index is 0.466. The van der Waals surface area contributed by atoms with E-state index >= 15 is 0 Å². The van der Waals surface area contributed by atoms with Crippen molar-refractivity contribution in [1.82, 2.24) is 9.97 Å². The fraction of sp³-hybridized carbons (Fsp3) is 0.556. The largest absolute Gasteiger partial charge is 0.384 e. The normalized spacial score (nSPS) is 18.2. The van der Waals surface area contributed by atoms with Crippen molar-refractivity contribution >= 4 is 11.8 Å². The van der Waals surface area contributed by atoms with Crippen molar-refractivity contribution in [2.24, 2.45) is 5.41 Å². The molecule has 0 bridgehead atoms. The first-order chi connectivity index (χ1) is 6.18. The molecular weight excluding hydrogens is 164 g/mol. The second-order valence-electron chi connectivity index (χ2n) is 3.97. The number of nitrogen functional groups attached to an aromatic ring is 1. The molecule has 70 valence electrons. The summed E-state index contributed by atoms with van der Waals surface area (Å²) in [5, 5.41) is 3.19. The topological polar surface area (TPSA) is 63.8 Å². The first-order valence-corrected chi connectivity index (χ1v) is 4.50. The highest BCUT2D eigenvalue weighted by Crippen LogP contribution is 2.44. The summed E-state index contributed by atoms with van der Waals surface area (Å²) in [4.78, 5) is 8.13. The van der Waals surface area contributed by atoms with Crippen LogP contribution in [0.1, 0.15) is 19.8 Å². The van der Waals surface area contributed by atoms with Crippen molar-refractivity contribution in [2.45, 2.75) is 19.8 Å². The average molecular weight is 178 g/mol. The standard InChI is InChI=1S/C9H14N4/c1-9(3-4-9)6-12-8-11-5-2-7(10)13-8/h2,5H,3-4,6H2,1H3,(H3,10,11,12,13). The maximum Gasteiger partial charge on any atom is 0.224 e. The minimum Gasteiger partial charge on any atom is -0.384 e. The summed E-state index contributed by atoms with van der Waals surface area (Å²) in [7, 11) is 0. The lowest BCUT2D eigenvalue weighted by molar-refractivity contribution is 0.608. The van der Waals surface area contributed by atoms with E-state index in [1.165, 1.54) is 12.8 Å². The van der Waals surface area contributed by atoms with Crippen molar-refractivity contribution < 1.29 is 0 Å². The molecule has 1 aliphatic rings. The molecule has 1 fully saturated rings. The van der Waals surface area contributed by atoms with Crippen LogP contribution in [0, 0.1) is 5.41 Å². The summed E-state index contributed by atoms with van der Waals surface area (Å²) in [5.74, 6) is 1.14. The van der Waals surface area contributed by atoms with Crippen molar-refractivity contribution in [3.63, 3.8) is 0 Å². The Labute approximate surface area is 77.6 Å². The van der Waals surface area contributed by atoms with Crippen LogP contribution in [0.25, 0.3) is 0 Å². The van der Waals surface area contributed by atoms with E-state index in [1.54, 1.807) is 12.3 Å². The van der Waals surface area contributed by atoms with Gasteiger partial charge in [0, 0.05) is 12.7 Å². The first kappa shape index (κ1) is 8.29. The van der Waals surface area contributed by atoms with Gasteiger partial charge in [-0.15, -0.1) is 0 Å². The highest BCUT2D eigenvalue weighted by Gasteiger charge is 2.36. The summed E-state index contributed by atoms with van der Waals surface area (Å²) >= 11 is 0. The summed E-state index contributed by atoms with van der Waals surface area (Å²) in [6.07, 6.45) is 4.25. The fourth-order valence-corrected chi connectivity index (χ4v) is 1.14. The van der Waals surface area contributed by atoms with E-state index in [4.69, 9.17) is 5.73 Å². The molecule has 1 aliphatic carbocycles. The number of nitrogens with zero attached hydrogens (tertiary/aromatic N) is 2. The second-order valence-corrected chi connectivity index (χ2v) is 3.97. The van der Waals surface area contributed by atoms with Crippen LogP contribution in [0.2, 0.25) is 0 Å². The van der Waals surface area contributed by atoms with Crippen LogP contribution < -0.4 is 11.1 Å². The Kier molecular flexibility index (Phi) is 1.83. The first-order valence-electron chi connectivity index (χ1n) is 4.50. The Balaban J connectivity index is 1.94. The van der Waals surface area contributed by atoms with Crippen molar-refractivity contribution in [3.8, 4) is 0 Å². The zero-order chi connectivity index (χ0) is 9.31. The van der Waals surface area contributed by atoms with E-state index in [0.717, 1.165) is 6.54 Å². The molecule has 0 aromatic carbocycles.